The normalized spacial score (nSPS) is 15.1. The van der Waals surface area contributed by atoms with Gasteiger partial charge >= 0.3 is 0 Å². The van der Waals surface area contributed by atoms with Gasteiger partial charge < -0.3 is 15.0 Å². The van der Waals surface area contributed by atoms with Crippen LogP contribution in [0.3, 0.4) is 0 Å². The minimum atomic E-state index is 0.222. The van der Waals surface area contributed by atoms with E-state index in [0.717, 1.165) is 47.3 Å². The van der Waals surface area contributed by atoms with Crippen LogP contribution in [0.25, 0.3) is 10.9 Å². The third kappa shape index (κ3) is 4.40. The molecule has 140 valence electrons. The third-order valence-corrected chi connectivity index (χ3v) is 5.44. The highest BCUT2D eigenvalue weighted by Gasteiger charge is 2.17. The van der Waals surface area contributed by atoms with Crippen LogP contribution >= 0.6 is 0 Å². The molecule has 3 aromatic rings. The maximum Gasteiger partial charge on any atom is 0.165 e. The Morgan fingerprint density at radius 2 is 1.89 bits per heavy atom. The lowest BCUT2D eigenvalue weighted by Gasteiger charge is -2.21. The number of aromatic amines is 1. The summed E-state index contributed by atoms with van der Waals surface area (Å²) in [6.07, 6.45) is 5.80. The molecule has 1 saturated heterocycles. The SMILES string of the molecule is O=C(CCC1CCNCC1)c1c[nH]c2ccc(OCc3ccccc3)cc12. The highest BCUT2D eigenvalue weighted by Crippen LogP contribution is 2.27. The molecule has 1 fully saturated rings. The van der Waals surface area contributed by atoms with E-state index < -0.39 is 0 Å². The second-order valence-corrected chi connectivity index (χ2v) is 7.34. The van der Waals surface area contributed by atoms with Gasteiger partial charge in [0.15, 0.2) is 5.78 Å². The van der Waals surface area contributed by atoms with Gasteiger partial charge in [-0.2, -0.15) is 0 Å². The molecule has 4 nitrogen and oxygen atoms in total. The van der Waals surface area contributed by atoms with Crippen molar-refractivity contribution in [1.82, 2.24) is 10.3 Å². The quantitative estimate of drug-likeness (QED) is 0.599. The van der Waals surface area contributed by atoms with Gasteiger partial charge in [0.2, 0.25) is 0 Å². The molecular weight excluding hydrogens is 336 g/mol. The van der Waals surface area contributed by atoms with Gasteiger partial charge in [-0.1, -0.05) is 30.3 Å². The third-order valence-electron chi connectivity index (χ3n) is 5.44. The summed E-state index contributed by atoms with van der Waals surface area (Å²) in [4.78, 5) is 16.0. The number of fused-ring (bicyclic) bond motifs is 1. The van der Waals surface area contributed by atoms with E-state index in [1.54, 1.807) is 0 Å². The largest absolute Gasteiger partial charge is 0.489 e. The smallest absolute Gasteiger partial charge is 0.165 e. The number of rotatable bonds is 7. The zero-order valence-corrected chi connectivity index (χ0v) is 15.5. The number of hydrogen-bond acceptors (Lipinski definition) is 3. The molecule has 0 aliphatic carbocycles. The zero-order valence-electron chi connectivity index (χ0n) is 15.5. The Balaban J connectivity index is 1.43. The summed E-state index contributed by atoms with van der Waals surface area (Å²) in [6, 6.07) is 16.0. The molecule has 1 aliphatic rings. The van der Waals surface area contributed by atoms with Crippen molar-refractivity contribution < 1.29 is 9.53 Å². The van der Waals surface area contributed by atoms with Gasteiger partial charge in [-0.25, -0.2) is 0 Å². The topological polar surface area (TPSA) is 54.1 Å². The van der Waals surface area contributed by atoms with Crippen molar-refractivity contribution in [2.24, 2.45) is 5.92 Å². The second kappa shape index (κ2) is 8.40. The van der Waals surface area contributed by atoms with E-state index >= 15 is 0 Å². The predicted molar refractivity (Wildman–Crippen MR) is 108 cm³/mol. The fourth-order valence-corrected chi connectivity index (χ4v) is 3.80. The summed E-state index contributed by atoms with van der Waals surface area (Å²) >= 11 is 0. The Kier molecular flexibility index (Phi) is 5.54. The van der Waals surface area contributed by atoms with Gasteiger partial charge in [0.05, 0.1) is 0 Å². The first-order valence-corrected chi connectivity index (χ1v) is 9.81. The van der Waals surface area contributed by atoms with Crippen molar-refractivity contribution in [1.29, 1.82) is 0 Å². The summed E-state index contributed by atoms with van der Waals surface area (Å²) in [5, 5.41) is 4.33. The summed E-state index contributed by atoms with van der Waals surface area (Å²) in [5.74, 6) is 1.68. The number of carbonyl (C=O) groups excluding carboxylic acids is 1. The molecule has 4 rings (SSSR count). The molecule has 0 spiro atoms. The second-order valence-electron chi connectivity index (χ2n) is 7.34. The molecule has 2 N–H and O–H groups in total. The van der Waals surface area contributed by atoms with Crippen molar-refractivity contribution >= 4 is 16.7 Å². The first-order chi connectivity index (χ1) is 13.3. The Hall–Kier alpha value is -2.59. The Labute approximate surface area is 159 Å². The number of aromatic nitrogens is 1. The lowest BCUT2D eigenvalue weighted by Crippen LogP contribution is -2.27. The summed E-state index contributed by atoms with van der Waals surface area (Å²) in [7, 11) is 0. The molecule has 4 heteroatoms. The van der Waals surface area contributed by atoms with Crippen molar-refractivity contribution in [2.75, 3.05) is 13.1 Å². The maximum absolute atomic E-state index is 12.8. The number of hydrogen-bond donors (Lipinski definition) is 2. The molecule has 0 radical (unpaired) electrons. The average molecular weight is 362 g/mol. The molecule has 0 amide bonds. The van der Waals surface area contributed by atoms with E-state index in [4.69, 9.17) is 4.74 Å². The van der Waals surface area contributed by atoms with Gasteiger partial charge in [-0.15, -0.1) is 0 Å². The van der Waals surface area contributed by atoms with Crippen molar-refractivity contribution in [3.8, 4) is 5.75 Å². The Morgan fingerprint density at radius 3 is 2.70 bits per heavy atom. The fourth-order valence-electron chi connectivity index (χ4n) is 3.80. The molecule has 1 aliphatic heterocycles. The molecule has 0 saturated carbocycles. The Bertz CT molecular complexity index is 895. The monoisotopic (exact) mass is 362 g/mol. The number of carbonyl (C=O) groups is 1. The molecule has 0 unspecified atom stereocenters. The van der Waals surface area contributed by atoms with Crippen LogP contribution in [-0.4, -0.2) is 23.9 Å². The van der Waals surface area contributed by atoms with Gasteiger partial charge in [0.1, 0.15) is 12.4 Å². The van der Waals surface area contributed by atoms with E-state index in [2.05, 4.69) is 10.3 Å². The van der Waals surface area contributed by atoms with Gasteiger partial charge in [0, 0.05) is 29.1 Å². The number of nitrogens with one attached hydrogen (secondary N) is 2. The van der Waals surface area contributed by atoms with Crippen molar-refractivity contribution in [3.63, 3.8) is 0 Å². The summed E-state index contributed by atoms with van der Waals surface area (Å²) < 4.78 is 5.93. The number of piperidine rings is 1. The highest BCUT2D eigenvalue weighted by atomic mass is 16.5. The number of H-pyrrole nitrogens is 1. The van der Waals surface area contributed by atoms with E-state index in [1.165, 1.54) is 12.8 Å². The number of ether oxygens (including phenoxy) is 1. The molecule has 0 atom stereocenters. The van der Waals surface area contributed by atoms with Gasteiger partial charge in [-0.3, -0.25) is 4.79 Å². The van der Waals surface area contributed by atoms with E-state index in [0.29, 0.717) is 18.9 Å². The molecular formula is C23H26N2O2. The standard InChI is InChI=1S/C23H26N2O2/c26-23(9-6-17-10-12-24-13-11-17)21-15-25-22-8-7-19(14-20(21)22)27-16-18-4-2-1-3-5-18/h1-5,7-8,14-15,17,24-25H,6,9-13,16H2. The van der Waals surface area contributed by atoms with Crippen LogP contribution < -0.4 is 10.1 Å². The minimum Gasteiger partial charge on any atom is -0.489 e. The first kappa shape index (κ1) is 17.8. The van der Waals surface area contributed by atoms with E-state index in [-0.39, 0.29) is 5.78 Å². The fraction of sp³-hybridized carbons (Fsp3) is 0.348. The molecule has 2 heterocycles. The van der Waals surface area contributed by atoms with Gasteiger partial charge in [-0.05, 0) is 62.0 Å². The average Bonchev–Trinajstić information content (AvgIpc) is 3.15. The summed E-state index contributed by atoms with van der Waals surface area (Å²) in [5.41, 5.74) is 2.89. The molecule has 1 aromatic heterocycles. The van der Waals surface area contributed by atoms with Gasteiger partial charge in [0.25, 0.3) is 0 Å². The zero-order chi connectivity index (χ0) is 18.5. The molecule has 27 heavy (non-hydrogen) atoms. The minimum absolute atomic E-state index is 0.222. The van der Waals surface area contributed by atoms with Crippen molar-refractivity contribution in [2.45, 2.75) is 32.3 Å². The van der Waals surface area contributed by atoms with E-state index in [9.17, 15) is 4.79 Å². The van der Waals surface area contributed by atoms with Crippen LogP contribution in [0.2, 0.25) is 0 Å². The first-order valence-electron chi connectivity index (χ1n) is 9.81. The summed E-state index contributed by atoms with van der Waals surface area (Å²) in [6.45, 7) is 2.68. The lowest BCUT2D eigenvalue weighted by molar-refractivity contribution is 0.0972. The molecule has 0 bridgehead atoms. The maximum atomic E-state index is 12.8. The number of Topliss-reactive ketones (excluding diaryl/α,β-unsaturated/α-hetero) is 1. The van der Waals surface area contributed by atoms with Crippen LogP contribution in [0.4, 0.5) is 0 Å². The molecule has 2 aromatic carbocycles. The highest BCUT2D eigenvalue weighted by molar-refractivity contribution is 6.08. The number of ketones is 1. The van der Waals surface area contributed by atoms with Crippen LogP contribution in [0, 0.1) is 5.92 Å². The van der Waals surface area contributed by atoms with Crippen LogP contribution in [0.15, 0.2) is 54.7 Å². The van der Waals surface area contributed by atoms with Crippen LogP contribution in [0.1, 0.15) is 41.6 Å². The van der Waals surface area contributed by atoms with Crippen molar-refractivity contribution in [3.05, 3.63) is 65.9 Å². The van der Waals surface area contributed by atoms with Crippen LogP contribution in [0.5, 0.6) is 5.75 Å². The van der Waals surface area contributed by atoms with Crippen LogP contribution in [-0.2, 0) is 6.61 Å². The predicted octanol–water partition coefficient (Wildman–Crippen LogP) is 4.71. The van der Waals surface area contributed by atoms with E-state index in [1.807, 2.05) is 54.7 Å². The lowest BCUT2D eigenvalue weighted by atomic mass is 9.91. The number of benzene rings is 2. The Morgan fingerprint density at radius 1 is 1.07 bits per heavy atom.